The molecule has 0 unspecified atom stereocenters. The van der Waals surface area contributed by atoms with Crippen LogP contribution in [0, 0.1) is 6.92 Å². The van der Waals surface area contributed by atoms with E-state index in [9.17, 15) is 9.59 Å². The van der Waals surface area contributed by atoms with Crippen molar-refractivity contribution in [1.82, 2.24) is 0 Å². The Morgan fingerprint density at radius 2 is 1.89 bits per heavy atom. The van der Waals surface area contributed by atoms with E-state index in [4.69, 9.17) is 21.1 Å². The summed E-state index contributed by atoms with van der Waals surface area (Å²) in [5.74, 6) is 0.185. The second-order valence-electron chi connectivity index (χ2n) is 5.88. The van der Waals surface area contributed by atoms with Crippen molar-refractivity contribution < 1.29 is 19.1 Å². The van der Waals surface area contributed by atoms with Crippen LogP contribution in [0.4, 0.5) is 5.69 Å². The fourth-order valence-electron chi connectivity index (χ4n) is 2.21. The SMILES string of the molecule is COc1ccc(Cl)cc1NC(=O)[C@H](C)OC(=O)CCSc1ccc(C)cc1. The minimum absolute atomic E-state index is 0.219. The number of halogens is 1. The minimum Gasteiger partial charge on any atom is -0.495 e. The maximum absolute atomic E-state index is 12.3. The van der Waals surface area contributed by atoms with Crippen molar-refractivity contribution in [3.05, 3.63) is 53.1 Å². The molecular weight excluding hydrogens is 386 g/mol. The monoisotopic (exact) mass is 407 g/mol. The fourth-order valence-corrected chi connectivity index (χ4v) is 3.21. The molecular formula is C20H22ClNO4S. The molecule has 0 spiro atoms. The van der Waals surface area contributed by atoms with Gasteiger partial charge in [-0.1, -0.05) is 29.3 Å². The van der Waals surface area contributed by atoms with Crippen LogP contribution in [0.5, 0.6) is 5.75 Å². The number of amides is 1. The van der Waals surface area contributed by atoms with Crippen molar-refractivity contribution >= 4 is 40.9 Å². The van der Waals surface area contributed by atoms with Crippen molar-refractivity contribution in [1.29, 1.82) is 0 Å². The standard InChI is InChI=1S/C20H22ClNO4S/c1-13-4-7-16(8-5-13)27-11-10-19(23)26-14(2)20(24)22-17-12-15(21)6-9-18(17)25-3/h4-9,12,14H,10-11H2,1-3H3,(H,22,24)/t14-/m0/s1. The molecule has 0 radical (unpaired) electrons. The van der Waals surface area contributed by atoms with Gasteiger partial charge in [-0.3, -0.25) is 9.59 Å². The molecule has 0 fully saturated rings. The highest BCUT2D eigenvalue weighted by Gasteiger charge is 2.19. The van der Waals surface area contributed by atoms with E-state index in [1.807, 2.05) is 31.2 Å². The van der Waals surface area contributed by atoms with Gasteiger partial charge in [0.25, 0.3) is 5.91 Å². The van der Waals surface area contributed by atoms with Gasteiger partial charge in [-0.05, 0) is 44.2 Å². The van der Waals surface area contributed by atoms with Crippen LogP contribution >= 0.6 is 23.4 Å². The molecule has 0 bridgehead atoms. The van der Waals surface area contributed by atoms with E-state index < -0.39 is 18.0 Å². The molecule has 1 atom stereocenters. The van der Waals surface area contributed by atoms with Crippen molar-refractivity contribution in [3.8, 4) is 5.75 Å². The molecule has 0 aliphatic heterocycles. The van der Waals surface area contributed by atoms with Gasteiger partial charge in [0.2, 0.25) is 0 Å². The Hall–Kier alpha value is -2.18. The summed E-state index contributed by atoms with van der Waals surface area (Å²) in [5.41, 5.74) is 1.61. The fraction of sp³-hybridized carbons (Fsp3) is 0.300. The van der Waals surface area contributed by atoms with E-state index in [2.05, 4.69) is 5.32 Å². The number of hydrogen-bond acceptors (Lipinski definition) is 5. The molecule has 7 heteroatoms. The molecule has 1 amide bonds. The summed E-state index contributed by atoms with van der Waals surface area (Å²) in [7, 11) is 1.49. The first kappa shape index (κ1) is 21.1. The van der Waals surface area contributed by atoms with Crippen LogP contribution in [0.3, 0.4) is 0 Å². The van der Waals surface area contributed by atoms with E-state index in [-0.39, 0.29) is 6.42 Å². The van der Waals surface area contributed by atoms with E-state index in [1.54, 1.807) is 30.0 Å². The largest absolute Gasteiger partial charge is 0.495 e. The van der Waals surface area contributed by atoms with Gasteiger partial charge in [0.15, 0.2) is 6.10 Å². The number of anilines is 1. The third-order valence-corrected chi connectivity index (χ3v) is 4.94. The van der Waals surface area contributed by atoms with Gasteiger partial charge >= 0.3 is 5.97 Å². The molecule has 2 aromatic rings. The Balaban J connectivity index is 1.80. The highest BCUT2D eigenvalue weighted by molar-refractivity contribution is 7.99. The van der Waals surface area contributed by atoms with Crippen LogP contribution in [0.1, 0.15) is 18.9 Å². The van der Waals surface area contributed by atoms with E-state index in [0.29, 0.717) is 22.2 Å². The van der Waals surface area contributed by atoms with Crippen LogP contribution in [-0.4, -0.2) is 30.8 Å². The lowest BCUT2D eigenvalue weighted by molar-refractivity contribution is -0.152. The van der Waals surface area contributed by atoms with Crippen LogP contribution in [-0.2, 0) is 14.3 Å². The van der Waals surface area contributed by atoms with Gasteiger partial charge in [-0.2, -0.15) is 0 Å². The highest BCUT2D eigenvalue weighted by atomic mass is 35.5. The molecule has 0 saturated carbocycles. The second kappa shape index (κ2) is 10.2. The Kier molecular flexibility index (Phi) is 8.00. The molecule has 0 aliphatic carbocycles. The third-order valence-electron chi connectivity index (χ3n) is 3.69. The van der Waals surface area contributed by atoms with Crippen molar-refractivity contribution in [3.63, 3.8) is 0 Å². The summed E-state index contributed by atoms with van der Waals surface area (Å²) >= 11 is 7.51. The van der Waals surface area contributed by atoms with Crippen molar-refractivity contribution in [2.75, 3.05) is 18.2 Å². The molecule has 1 N–H and O–H groups in total. The topological polar surface area (TPSA) is 64.6 Å². The summed E-state index contributed by atoms with van der Waals surface area (Å²) in [5, 5.41) is 3.13. The van der Waals surface area contributed by atoms with Crippen LogP contribution in [0.25, 0.3) is 0 Å². The van der Waals surface area contributed by atoms with Gasteiger partial charge in [0, 0.05) is 15.7 Å². The maximum atomic E-state index is 12.3. The number of carbonyl (C=O) groups is 2. The lowest BCUT2D eigenvalue weighted by Gasteiger charge is -2.15. The van der Waals surface area contributed by atoms with Crippen LogP contribution in [0.15, 0.2) is 47.4 Å². The second-order valence-corrected chi connectivity index (χ2v) is 7.48. The predicted octanol–water partition coefficient (Wildman–Crippen LogP) is 4.71. The van der Waals surface area contributed by atoms with E-state index in [0.717, 1.165) is 4.90 Å². The molecule has 144 valence electrons. The Labute approximate surface area is 168 Å². The molecule has 0 aromatic heterocycles. The number of carbonyl (C=O) groups excluding carboxylic acids is 2. The number of thioether (sulfide) groups is 1. The number of benzene rings is 2. The van der Waals surface area contributed by atoms with Crippen LogP contribution < -0.4 is 10.1 Å². The lowest BCUT2D eigenvalue weighted by Crippen LogP contribution is -2.30. The zero-order valence-corrected chi connectivity index (χ0v) is 17.0. The van der Waals surface area contributed by atoms with Gasteiger partial charge in [0.1, 0.15) is 5.75 Å². The molecule has 27 heavy (non-hydrogen) atoms. The first-order valence-electron chi connectivity index (χ1n) is 8.42. The number of aryl methyl sites for hydroxylation is 1. The lowest BCUT2D eigenvalue weighted by atomic mass is 10.2. The number of ether oxygens (including phenoxy) is 2. The first-order chi connectivity index (χ1) is 12.9. The van der Waals surface area contributed by atoms with Crippen molar-refractivity contribution in [2.45, 2.75) is 31.3 Å². The Bertz CT molecular complexity index is 795. The highest BCUT2D eigenvalue weighted by Crippen LogP contribution is 2.28. The Morgan fingerprint density at radius 1 is 1.19 bits per heavy atom. The zero-order valence-electron chi connectivity index (χ0n) is 15.5. The summed E-state index contributed by atoms with van der Waals surface area (Å²) in [6.07, 6.45) is -0.707. The molecule has 5 nitrogen and oxygen atoms in total. The van der Waals surface area contributed by atoms with E-state index >= 15 is 0 Å². The molecule has 0 saturated heterocycles. The van der Waals surface area contributed by atoms with Gasteiger partial charge in [0.05, 0.1) is 19.2 Å². The van der Waals surface area contributed by atoms with E-state index in [1.165, 1.54) is 19.6 Å². The summed E-state index contributed by atoms with van der Waals surface area (Å²) in [4.78, 5) is 25.3. The van der Waals surface area contributed by atoms with Gasteiger partial charge in [-0.15, -0.1) is 11.8 Å². The third kappa shape index (κ3) is 6.81. The predicted molar refractivity (Wildman–Crippen MR) is 109 cm³/mol. The minimum atomic E-state index is -0.925. The molecule has 0 heterocycles. The number of rotatable bonds is 8. The molecule has 2 aromatic carbocycles. The number of esters is 1. The van der Waals surface area contributed by atoms with Crippen molar-refractivity contribution in [2.24, 2.45) is 0 Å². The van der Waals surface area contributed by atoms with Gasteiger partial charge < -0.3 is 14.8 Å². The molecule has 2 rings (SSSR count). The van der Waals surface area contributed by atoms with Crippen LogP contribution in [0.2, 0.25) is 5.02 Å². The average Bonchev–Trinajstić information content (AvgIpc) is 2.63. The quantitative estimate of drug-likeness (QED) is 0.507. The average molecular weight is 408 g/mol. The summed E-state index contributed by atoms with van der Waals surface area (Å²) in [6.45, 7) is 3.55. The number of hydrogen-bond donors (Lipinski definition) is 1. The Morgan fingerprint density at radius 3 is 2.56 bits per heavy atom. The maximum Gasteiger partial charge on any atom is 0.307 e. The first-order valence-corrected chi connectivity index (χ1v) is 9.78. The normalized spacial score (nSPS) is 11.6. The van der Waals surface area contributed by atoms with Gasteiger partial charge in [-0.25, -0.2) is 0 Å². The summed E-state index contributed by atoms with van der Waals surface area (Å²) in [6, 6.07) is 13.0. The number of nitrogens with one attached hydrogen (secondary N) is 1. The summed E-state index contributed by atoms with van der Waals surface area (Å²) < 4.78 is 10.4. The zero-order chi connectivity index (χ0) is 19.8. The number of methoxy groups -OCH3 is 1. The molecule has 0 aliphatic rings. The smallest absolute Gasteiger partial charge is 0.307 e.